The van der Waals surface area contributed by atoms with Gasteiger partial charge in [0.1, 0.15) is 16.5 Å². The number of aryl methyl sites for hydroxylation is 3. The van der Waals surface area contributed by atoms with Gasteiger partial charge in [0, 0.05) is 13.6 Å². The van der Waals surface area contributed by atoms with Crippen LogP contribution in [0.4, 0.5) is 5.82 Å². The van der Waals surface area contributed by atoms with E-state index in [2.05, 4.69) is 15.5 Å². The molecule has 0 saturated heterocycles. The van der Waals surface area contributed by atoms with E-state index in [4.69, 9.17) is 18.0 Å². The van der Waals surface area contributed by atoms with Crippen molar-refractivity contribution in [2.45, 2.75) is 20.4 Å². The summed E-state index contributed by atoms with van der Waals surface area (Å²) in [5, 5.41) is 11.1. The number of hydrogen-bond acceptors (Lipinski definition) is 4. The molecule has 3 N–H and O–H groups in total. The molecule has 0 unspecified atom stereocenters. The lowest BCUT2D eigenvalue weighted by Crippen LogP contribution is -2.21. The molecule has 0 aliphatic carbocycles. The van der Waals surface area contributed by atoms with Crippen LogP contribution in [0.3, 0.4) is 0 Å². The van der Waals surface area contributed by atoms with Crippen molar-refractivity contribution < 1.29 is 4.79 Å². The van der Waals surface area contributed by atoms with Gasteiger partial charge in [0.2, 0.25) is 0 Å². The second kappa shape index (κ2) is 5.41. The fourth-order valence-electron chi connectivity index (χ4n) is 1.91. The van der Waals surface area contributed by atoms with E-state index in [-0.39, 0.29) is 10.9 Å². The Hall–Kier alpha value is -2.22. The van der Waals surface area contributed by atoms with E-state index < -0.39 is 0 Å². The molecular formula is C12H16N6OS. The molecule has 7 nitrogen and oxygen atoms in total. The van der Waals surface area contributed by atoms with Gasteiger partial charge in [0.15, 0.2) is 0 Å². The van der Waals surface area contributed by atoms with Crippen molar-refractivity contribution in [1.82, 2.24) is 19.6 Å². The summed E-state index contributed by atoms with van der Waals surface area (Å²) in [6, 6.07) is 1.73. The molecule has 0 spiro atoms. The minimum atomic E-state index is -0.270. The molecule has 0 aromatic carbocycles. The molecule has 106 valence electrons. The van der Waals surface area contributed by atoms with E-state index >= 15 is 0 Å². The molecule has 2 rings (SSSR count). The third-order valence-corrected chi connectivity index (χ3v) is 3.09. The molecule has 20 heavy (non-hydrogen) atoms. The van der Waals surface area contributed by atoms with Crippen molar-refractivity contribution >= 4 is 28.9 Å². The Bertz CT molecular complexity index is 672. The van der Waals surface area contributed by atoms with Crippen molar-refractivity contribution in [3.05, 3.63) is 29.2 Å². The second-order valence-electron chi connectivity index (χ2n) is 4.34. The molecule has 0 fully saturated rings. The SMILES string of the molecule is CCn1nc(C)cc1C(=O)Nc1c(C(N)=S)cnn1C. The first-order valence-electron chi connectivity index (χ1n) is 6.11. The summed E-state index contributed by atoms with van der Waals surface area (Å²) >= 11 is 4.94. The van der Waals surface area contributed by atoms with E-state index in [1.54, 1.807) is 17.8 Å². The van der Waals surface area contributed by atoms with Gasteiger partial charge in [0.05, 0.1) is 17.5 Å². The zero-order valence-corrected chi connectivity index (χ0v) is 12.4. The first-order chi connectivity index (χ1) is 9.43. The van der Waals surface area contributed by atoms with Crippen molar-refractivity contribution in [1.29, 1.82) is 0 Å². The zero-order chi connectivity index (χ0) is 14.9. The summed E-state index contributed by atoms with van der Waals surface area (Å²) in [5.41, 5.74) is 7.42. The van der Waals surface area contributed by atoms with E-state index in [9.17, 15) is 4.79 Å². The Morgan fingerprint density at radius 3 is 2.85 bits per heavy atom. The lowest BCUT2D eigenvalue weighted by Gasteiger charge is -2.08. The number of hydrogen-bond donors (Lipinski definition) is 2. The predicted molar refractivity (Wildman–Crippen MR) is 79.7 cm³/mol. The number of carbonyl (C=O) groups excluding carboxylic acids is 1. The van der Waals surface area contributed by atoms with Crippen LogP contribution in [0.5, 0.6) is 0 Å². The van der Waals surface area contributed by atoms with Crippen LogP contribution >= 0.6 is 12.2 Å². The van der Waals surface area contributed by atoms with Crippen LogP contribution in [0.15, 0.2) is 12.3 Å². The molecule has 1 amide bonds. The predicted octanol–water partition coefficient (Wildman–Crippen LogP) is 0.831. The highest BCUT2D eigenvalue weighted by molar-refractivity contribution is 7.80. The number of nitrogens with zero attached hydrogens (tertiary/aromatic N) is 4. The van der Waals surface area contributed by atoms with Gasteiger partial charge < -0.3 is 11.1 Å². The Balaban J connectivity index is 2.32. The summed E-state index contributed by atoms with van der Waals surface area (Å²) in [6.45, 7) is 4.38. The van der Waals surface area contributed by atoms with E-state index in [1.807, 2.05) is 13.8 Å². The Labute approximate surface area is 121 Å². The van der Waals surface area contributed by atoms with Gasteiger partial charge in [0.25, 0.3) is 5.91 Å². The van der Waals surface area contributed by atoms with Gasteiger partial charge in [-0.05, 0) is 19.9 Å². The smallest absolute Gasteiger partial charge is 0.275 e. The number of amides is 1. The number of thiocarbonyl (C=S) groups is 1. The maximum atomic E-state index is 12.3. The number of aromatic nitrogens is 4. The molecule has 2 aromatic rings. The number of rotatable bonds is 4. The quantitative estimate of drug-likeness (QED) is 0.815. The summed E-state index contributed by atoms with van der Waals surface area (Å²) in [7, 11) is 1.71. The molecule has 2 aromatic heterocycles. The van der Waals surface area contributed by atoms with Gasteiger partial charge in [-0.2, -0.15) is 10.2 Å². The van der Waals surface area contributed by atoms with Crippen LogP contribution in [-0.2, 0) is 13.6 Å². The standard InChI is InChI=1S/C12H16N6OS/c1-4-18-9(5-7(2)16-18)12(19)15-11-8(10(13)20)6-14-17(11)3/h5-6H,4H2,1-3H3,(H2,13,20)(H,15,19). The highest BCUT2D eigenvalue weighted by atomic mass is 32.1. The topological polar surface area (TPSA) is 90.8 Å². The molecule has 0 radical (unpaired) electrons. The van der Waals surface area contributed by atoms with Crippen LogP contribution in [0.2, 0.25) is 0 Å². The molecule has 0 aliphatic heterocycles. The van der Waals surface area contributed by atoms with Gasteiger partial charge in [-0.1, -0.05) is 12.2 Å². The van der Waals surface area contributed by atoms with Crippen LogP contribution in [0.25, 0.3) is 0 Å². The van der Waals surface area contributed by atoms with Crippen LogP contribution in [0, 0.1) is 6.92 Å². The fraction of sp³-hybridized carbons (Fsp3) is 0.333. The normalized spacial score (nSPS) is 10.6. The number of nitrogens with two attached hydrogens (primary N) is 1. The lowest BCUT2D eigenvalue weighted by molar-refractivity contribution is 0.101. The largest absolute Gasteiger partial charge is 0.389 e. The van der Waals surface area contributed by atoms with E-state index in [0.717, 1.165) is 5.69 Å². The third kappa shape index (κ3) is 2.55. The van der Waals surface area contributed by atoms with Crippen LogP contribution < -0.4 is 11.1 Å². The third-order valence-electron chi connectivity index (χ3n) is 2.87. The molecule has 8 heteroatoms. The van der Waals surface area contributed by atoms with E-state index in [0.29, 0.717) is 23.6 Å². The van der Waals surface area contributed by atoms with Gasteiger partial charge in [-0.25, -0.2) is 0 Å². The first kappa shape index (κ1) is 14.2. The minimum Gasteiger partial charge on any atom is -0.389 e. The van der Waals surface area contributed by atoms with E-state index in [1.165, 1.54) is 10.9 Å². The molecule has 2 heterocycles. The van der Waals surface area contributed by atoms with Crippen LogP contribution in [0.1, 0.15) is 28.7 Å². The van der Waals surface area contributed by atoms with Crippen molar-refractivity contribution in [3.8, 4) is 0 Å². The number of nitrogens with one attached hydrogen (secondary N) is 1. The summed E-state index contributed by atoms with van der Waals surface area (Å²) in [4.78, 5) is 12.5. The summed E-state index contributed by atoms with van der Waals surface area (Å²) in [6.07, 6.45) is 1.53. The van der Waals surface area contributed by atoms with Crippen molar-refractivity contribution in [2.75, 3.05) is 5.32 Å². The van der Waals surface area contributed by atoms with Crippen molar-refractivity contribution in [2.24, 2.45) is 12.8 Å². The van der Waals surface area contributed by atoms with Crippen LogP contribution in [-0.4, -0.2) is 30.5 Å². The number of anilines is 1. The molecule has 0 atom stereocenters. The Morgan fingerprint density at radius 1 is 1.55 bits per heavy atom. The molecule has 0 bridgehead atoms. The maximum Gasteiger partial charge on any atom is 0.275 e. The zero-order valence-electron chi connectivity index (χ0n) is 11.5. The highest BCUT2D eigenvalue weighted by Crippen LogP contribution is 2.15. The average Bonchev–Trinajstić information content (AvgIpc) is 2.93. The minimum absolute atomic E-state index is 0.188. The average molecular weight is 292 g/mol. The monoisotopic (exact) mass is 292 g/mol. The summed E-state index contributed by atoms with van der Waals surface area (Å²) in [5.74, 6) is 0.206. The van der Waals surface area contributed by atoms with Gasteiger partial charge in [-0.15, -0.1) is 0 Å². The Morgan fingerprint density at radius 2 is 2.25 bits per heavy atom. The number of carbonyl (C=O) groups is 1. The second-order valence-corrected chi connectivity index (χ2v) is 4.78. The highest BCUT2D eigenvalue weighted by Gasteiger charge is 2.18. The lowest BCUT2D eigenvalue weighted by atomic mass is 10.3. The van der Waals surface area contributed by atoms with Gasteiger partial charge in [-0.3, -0.25) is 14.2 Å². The first-order valence-corrected chi connectivity index (χ1v) is 6.52. The maximum absolute atomic E-state index is 12.3. The molecular weight excluding hydrogens is 276 g/mol. The summed E-state index contributed by atoms with van der Waals surface area (Å²) < 4.78 is 3.16. The molecule has 0 aliphatic rings. The van der Waals surface area contributed by atoms with Gasteiger partial charge >= 0.3 is 0 Å². The fourth-order valence-corrected chi connectivity index (χ4v) is 2.06. The molecule has 0 saturated carbocycles. The van der Waals surface area contributed by atoms with Crippen molar-refractivity contribution in [3.63, 3.8) is 0 Å². The Kier molecular flexibility index (Phi) is 3.84.